The van der Waals surface area contributed by atoms with Gasteiger partial charge in [-0.15, -0.1) is 0 Å². The van der Waals surface area contributed by atoms with E-state index in [-0.39, 0.29) is 17.9 Å². The molecule has 1 fully saturated rings. The molecular formula is C15H18N2O3. The zero-order valence-corrected chi connectivity index (χ0v) is 11.5. The molecule has 2 aliphatic heterocycles. The fraction of sp³-hybridized carbons (Fsp3) is 0.467. The Bertz CT molecular complexity index is 538. The van der Waals surface area contributed by atoms with Crippen LogP contribution in [-0.4, -0.2) is 37.1 Å². The highest BCUT2D eigenvalue weighted by Crippen LogP contribution is 2.26. The third-order valence-electron chi connectivity index (χ3n) is 3.83. The number of fused-ring (bicyclic) bond motifs is 1. The molecule has 1 saturated heterocycles. The number of para-hydroxylation sites is 1. The molecule has 1 N–H and O–H groups in total. The maximum Gasteiger partial charge on any atom is 0.254 e. The van der Waals surface area contributed by atoms with Gasteiger partial charge in [-0.2, -0.15) is 0 Å². The lowest BCUT2D eigenvalue weighted by Gasteiger charge is -2.26. The second-order valence-corrected chi connectivity index (χ2v) is 5.30. The minimum Gasteiger partial charge on any atom is -0.376 e. The quantitative estimate of drug-likeness (QED) is 0.885. The van der Waals surface area contributed by atoms with Crippen LogP contribution in [0.4, 0.5) is 5.69 Å². The predicted octanol–water partition coefficient (Wildman–Crippen LogP) is 1.33. The molecule has 2 amide bonds. The van der Waals surface area contributed by atoms with Crippen LogP contribution in [0.15, 0.2) is 24.3 Å². The van der Waals surface area contributed by atoms with Gasteiger partial charge in [-0.05, 0) is 31.9 Å². The summed E-state index contributed by atoms with van der Waals surface area (Å²) in [5, 5.41) is 2.73. The highest BCUT2D eigenvalue weighted by molar-refractivity contribution is 6.10. The van der Waals surface area contributed by atoms with Crippen LogP contribution in [0.25, 0.3) is 0 Å². The number of anilines is 1. The summed E-state index contributed by atoms with van der Waals surface area (Å²) >= 11 is 0. The summed E-state index contributed by atoms with van der Waals surface area (Å²) in [5.41, 5.74) is 1.22. The van der Waals surface area contributed by atoms with Crippen LogP contribution in [0, 0.1) is 0 Å². The number of carbonyl (C=O) groups is 2. The number of carbonyl (C=O) groups excluding carboxylic acids is 2. The topological polar surface area (TPSA) is 58.6 Å². The van der Waals surface area contributed by atoms with Crippen LogP contribution >= 0.6 is 0 Å². The first-order valence-corrected chi connectivity index (χ1v) is 6.99. The van der Waals surface area contributed by atoms with E-state index in [0.717, 1.165) is 19.4 Å². The monoisotopic (exact) mass is 274 g/mol. The molecule has 0 aromatic heterocycles. The molecule has 2 unspecified atom stereocenters. The molecule has 0 aliphatic carbocycles. The van der Waals surface area contributed by atoms with Crippen molar-refractivity contribution >= 4 is 17.5 Å². The maximum atomic E-state index is 12.5. The van der Waals surface area contributed by atoms with Gasteiger partial charge in [0.1, 0.15) is 6.04 Å². The van der Waals surface area contributed by atoms with Crippen molar-refractivity contribution in [3.63, 3.8) is 0 Å². The zero-order valence-electron chi connectivity index (χ0n) is 11.5. The highest BCUT2D eigenvalue weighted by atomic mass is 16.5. The molecule has 0 radical (unpaired) electrons. The smallest absolute Gasteiger partial charge is 0.254 e. The molecule has 20 heavy (non-hydrogen) atoms. The molecular weight excluding hydrogens is 256 g/mol. The van der Waals surface area contributed by atoms with E-state index < -0.39 is 6.04 Å². The summed E-state index contributed by atoms with van der Waals surface area (Å²) in [7, 11) is 0. The van der Waals surface area contributed by atoms with E-state index in [1.54, 1.807) is 17.9 Å². The van der Waals surface area contributed by atoms with Crippen LogP contribution in [0.3, 0.4) is 0 Å². The molecule has 0 spiro atoms. The van der Waals surface area contributed by atoms with Crippen molar-refractivity contribution < 1.29 is 14.3 Å². The Hall–Kier alpha value is -1.88. The molecule has 5 heteroatoms. The largest absolute Gasteiger partial charge is 0.376 e. The summed E-state index contributed by atoms with van der Waals surface area (Å²) in [6.45, 7) is 2.98. The van der Waals surface area contributed by atoms with Gasteiger partial charge in [0.15, 0.2) is 0 Å². The van der Waals surface area contributed by atoms with Gasteiger partial charge >= 0.3 is 0 Å². The predicted molar refractivity (Wildman–Crippen MR) is 74.7 cm³/mol. The first-order valence-electron chi connectivity index (χ1n) is 6.99. The van der Waals surface area contributed by atoms with Crippen LogP contribution in [0.5, 0.6) is 0 Å². The van der Waals surface area contributed by atoms with Gasteiger partial charge in [0.25, 0.3) is 5.91 Å². The van der Waals surface area contributed by atoms with E-state index in [9.17, 15) is 9.59 Å². The summed E-state index contributed by atoms with van der Waals surface area (Å²) in [4.78, 5) is 26.3. The lowest BCUT2D eigenvalue weighted by molar-refractivity contribution is -0.120. The Morgan fingerprint density at radius 3 is 2.90 bits per heavy atom. The van der Waals surface area contributed by atoms with E-state index in [2.05, 4.69) is 5.32 Å². The number of nitrogens with one attached hydrogen (secondary N) is 1. The Balaban J connectivity index is 1.97. The Morgan fingerprint density at radius 2 is 2.15 bits per heavy atom. The minimum absolute atomic E-state index is 0.0624. The average Bonchev–Trinajstić information content (AvgIpc) is 2.94. The first-order chi connectivity index (χ1) is 9.66. The van der Waals surface area contributed by atoms with Crippen molar-refractivity contribution in [2.24, 2.45) is 0 Å². The average molecular weight is 274 g/mol. The Kier molecular flexibility index (Phi) is 3.44. The standard InChI is InChI=1S/C15H18N2O3/c1-10-15(19)17(9-11-5-4-8-20-11)13-7-3-2-6-12(13)14(18)16-10/h2-3,6-7,10-11H,4-5,8-9H2,1H3,(H,16,18). The molecule has 3 rings (SSSR count). The lowest BCUT2D eigenvalue weighted by Crippen LogP contribution is -2.46. The number of hydrogen-bond acceptors (Lipinski definition) is 3. The van der Waals surface area contributed by atoms with Crippen LogP contribution in [0.2, 0.25) is 0 Å². The van der Waals surface area contributed by atoms with Gasteiger partial charge < -0.3 is 15.0 Å². The molecule has 2 heterocycles. The number of rotatable bonds is 2. The van der Waals surface area contributed by atoms with Crippen molar-refractivity contribution in [3.05, 3.63) is 29.8 Å². The first kappa shape index (κ1) is 13.1. The number of ether oxygens (including phenoxy) is 1. The van der Waals surface area contributed by atoms with Crippen LogP contribution in [-0.2, 0) is 9.53 Å². The van der Waals surface area contributed by atoms with E-state index in [4.69, 9.17) is 4.74 Å². The third-order valence-corrected chi connectivity index (χ3v) is 3.83. The third kappa shape index (κ3) is 2.29. The molecule has 5 nitrogen and oxygen atoms in total. The van der Waals surface area contributed by atoms with Gasteiger partial charge in [-0.3, -0.25) is 9.59 Å². The lowest BCUT2D eigenvalue weighted by atomic mass is 10.1. The Labute approximate surface area is 117 Å². The molecule has 106 valence electrons. The zero-order chi connectivity index (χ0) is 14.1. The maximum absolute atomic E-state index is 12.5. The summed E-state index contributed by atoms with van der Waals surface area (Å²) in [5.74, 6) is -0.282. The summed E-state index contributed by atoms with van der Waals surface area (Å²) < 4.78 is 5.62. The molecule has 0 saturated carbocycles. The summed E-state index contributed by atoms with van der Waals surface area (Å²) in [6.07, 6.45) is 2.05. The van der Waals surface area contributed by atoms with E-state index >= 15 is 0 Å². The van der Waals surface area contributed by atoms with Gasteiger partial charge in [0.2, 0.25) is 5.91 Å². The van der Waals surface area contributed by atoms with Crippen LogP contribution < -0.4 is 10.2 Å². The van der Waals surface area contributed by atoms with Gasteiger partial charge in [-0.1, -0.05) is 12.1 Å². The SMILES string of the molecule is CC1NC(=O)c2ccccc2N(CC2CCCO2)C1=O. The second-order valence-electron chi connectivity index (χ2n) is 5.30. The molecule has 1 aromatic carbocycles. The molecule has 0 bridgehead atoms. The fourth-order valence-corrected chi connectivity index (χ4v) is 2.77. The van der Waals surface area contributed by atoms with Crippen molar-refractivity contribution in [3.8, 4) is 0 Å². The van der Waals surface area contributed by atoms with E-state index in [1.165, 1.54) is 0 Å². The summed E-state index contributed by atoms with van der Waals surface area (Å²) in [6, 6.07) is 6.70. The number of hydrogen-bond donors (Lipinski definition) is 1. The fourth-order valence-electron chi connectivity index (χ4n) is 2.77. The highest BCUT2D eigenvalue weighted by Gasteiger charge is 2.33. The molecule has 2 aliphatic rings. The van der Waals surface area contributed by atoms with Gasteiger partial charge in [-0.25, -0.2) is 0 Å². The minimum atomic E-state index is -0.517. The van der Waals surface area contributed by atoms with E-state index in [0.29, 0.717) is 17.8 Å². The molecule has 1 aromatic rings. The number of benzene rings is 1. The van der Waals surface area contributed by atoms with Crippen molar-refractivity contribution in [1.29, 1.82) is 0 Å². The Morgan fingerprint density at radius 1 is 1.35 bits per heavy atom. The van der Waals surface area contributed by atoms with Crippen molar-refractivity contribution in [1.82, 2.24) is 5.32 Å². The van der Waals surface area contributed by atoms with Crippen molar-refractivity contribution in [2.45, 2.75) is 31.9 Å². The van der Waals surface area contributed by atoms with Crippen LogP contribution in [0.1, 0.15) is 30.1 Å². The van der Waals surface area contributed by atoms with Crippen molar-refractivity contribution in [2.75, 3.05) is 18.1 Å². The van der Waals surface area contributed by atoms with Gasteiger partial charge in [0, 0.05) is 6.61 Å². The molecule has 2 atom stereocenters. The van der Waals surface area contributed by atoms with E-state index in [1.807, 2.05) is 18.2 Å². The number of amides is 2. The second kappa shape index (κ2) is 5.25. The number of nitrogens with zero attached hydrogens (tertiary/aromatic N) is 1. The normalized spacial score (nSPS) is 26.1. The van der Waals surface area contributed by atoms with Gasteiger partial charge in [0.05, 0.1) is 23.9 Å².